The van der Waals surface area contributed by atoms with Crippen molar-refractivity contribution < 1.29 is 9.26 Å². The molecule has 0 aromatic carbocycles. The fraction of sp³-hybridized carbons (Fsp3) is 0.867. The Kier molecular flexibility index (Phi) is 2.89. The minimum absolute atomic E-state index is 0.381. The molecule has 3 aliphatic rings. The third-order valence-corrected chi connectivity index (χ3v) is 5.22. The van der Waals surface area contributed by atoms with Crippen molar-refractivity contribution in [2.45, 2.75) is 63.0 Å². The molecular weight excluding hydrogens is 254 g/mol. The van der Waals surface area contributed by atoms with Crippen LogP contribution >= 0.6 is 0 Å². The van der Waals surface area contributed by atoms with Crippen molar-refractivity contribution in [2.75, 3.05) is 6.61 Å². The van der Waals surface area contributed by atoms with Crippen molar-refractivity contribution >= 4 is 0 Å². The molecule has 3 fully saturated rings. The van der Waals surface area contributed by atoms with Crippen LogP contribution in [0.15, 0.2) is 4.52 Å². The Morgan fingerprint density at radius 3 is 2.70 bits per heavy atom. The van der Waals surface area contributed by atoms with Crippen molar-refractivity contribution in [2.24, 2.45) is 17.6 Å². The lowest BCUT2D eigenvalue weighted by molar-refractivity contribution is -0.0222. The molecule has 0 bridgehead atoms. The highest BCUT2D eigenvalue weighted by Crippen LogP contribution is 2.57. The van der Waals surface area contributed by atoms with Crippen molar-refractivity contribution in [3.8, 4) is 0 Å². The summed E-state index contributed by atoms with van der Waals surface area (Å²) in [6.07, 6.45) is 7.78. The summed E-state index contributed by atoms with van der Waals surface area (Å²) in [5.74, 6) is 3.67. The van der Waals surface area contributed by atoms with Gasteiger partial charge in [0.1, 0.15) is 5.54 Å². The number of nitrogens with zero attached hydrogens (tertiary/aromatic N) is 2. The maximum atomic E-state index is 6.30. The molecule has 0 spiro atoms. The number of aromatic nitrogens is 2. The quantitative estimate of drug-likeness (QED) is 0.894. The molecule has 3 aliphatic carbocycles. The van der Waals surface area contributed by atoms with E-state index in [1.54, 1.807) is 0 Å². The molecule has 5 nitrogen and oxygen atoms in total. The zero-order valence-corrected chi connectivity index (χ0v) is 12.0. The molecule has 1 heterocycles. The Morgan fingerprint density at radius 2 is 2.05 bits per heavy atom. The van der Waals surface area contributed by atoms with Gasteiger partial charge in [0.05, 0.1) is 12.7 Å². The van der Waals surface area contributed by atoms with E-state index in [1.807, 2.05) is 6.92 Å². The molecule has 0 radical (unpaired) electrons. The lowest BCUT2D eigenvalue weighted by Gasteiger charge is -2.29. The number of fused-ring (bicyclic) bond motifs is 1. The first-order valence-electron chi connectivity index (χ1n) is 7.86. The monoisotopic (exact) mass is 277 g/mol. The van der Waals surface area contributed by atoms with Gasteiger partial charge in [0, 0.05) is 5.92 Å². The van der Waals surface area contributed by atoms with Crippen LogP contribution < -0.4 is 5.73 Å². The average molecular weight is 277 g/mol. The van der Waals surface area contributed by atoms with E-state index in [9.17, 15) is 0 Å². The van der Waals surface area contributed by atoms with Gasteiger partial charge < -0.3 is 15.0 Å². The first-order chi connectivity index (χ1) is 9.62. The van der Waals surface area contributed by atoms with Gasteiger partial charge in [0.15, 0.2) is 5.82 Å². The molecule has 4 rings (SSSR count). The molecule has 0 amide bonds. The number of nitrogens with two attached hydrogens (primary N) is 1. The van der Waals surface area contributed by atoms with Gasteiger partial charge >= 0.3 is 0 Å². The molecule has 5 heteroatoms. The van der Waals surface area contributed by atoms with Crippen LogP contribution in [-0.2, 0) is 10.3 Å². The SMILES string of the molecule is CC(N)(COC1CCC1)c1noc(C2CC3CC3C2)n1. The van der Waals surface area contributed by atoms with Crippen LogP contribution in [0.3, 0.4) is 0 Å². The van der Waals surface area contributed by atoms with Crippen LogP contribution in [0, 0.1) is 11.8 Å². The summed E-state index contributed by atoms with van der Waals surface area (Å²) in [5, 5.41) is 4.10. The van der Waals surface area contributed by atoms with Crippen LogP contribution in [0.2, 0.25) is 0 Å². The van der Waals surface area contributed by atoms with Crippen molar-refractivity contribution in [3.05, 3.63) is 11.7 Å². The summed E-state index contributed by atoms with van der Waals surface area (Å²) in [5.41, 5.74) is 5.65. The first-order valence-corrected chi connectivity index (χ1v) is 7.86. The molecule has 1 aromatic heterocycles. The maximum Gasteiger partial charge on any atom is 0.229 e. The Hall–Kier alpha value is -0.940. The van der Waals surface area contributed by atoms with E-state index in [4.69, 9.17) is 15.0 Å². The minimum Gasteiger partial charge on any atom is -0.376 e. The molecule has 1 aromatic rings. The van der Waals surface area contributed by atoms with Crippen LogP contribution in [0.4, 0.5) is 0 Å². The standard InChI is InChI=1S/C15H23N3O2/c1-15(16,8-19-12-3-2-4-12)14-17-13(20-18-14)11-6-9-5-10(9)7-11/h9-12H,2-8,16H2,1H3. The highest BCUT2D eigenvalue weighted by Gasteiger charge is 2.48. The van der Waals surface area contributed by atoms with E-state index in [0.717, 1.165) is 30.6 Å². The van der Waals surface area contributed by atoms with Gasteiger partial charge in [-0.2, -0.15) is 4.98 Å². The number of ether oxygens (including phenoxy) is 1. The predicted molar refractivity (Wildman–Crippen MR) is 73.0 cm³/mol. The summed E-state index contributed by atoms with van der Waals surface area (Å²) in [7, 11) is 0. The summed E-state index contributed by atoms with van der Waals surface area (Å²) in [6, 6.07) is 0. The summed E-state index contributed by atoms with van der Waals surface area (Å²) in [4.78, 5) is 4.56. The van der Waals surface area contributed by atoms with Crippen LogP contribution in [-0.4, -0.2) is 22.9 Å². The Bertz CT molecular complexity index is 485. The van der Waals surface area contributed by atoms with Gasteiger partial charge in [-0.1, -0.05) is 5.16 Å². The lowest BCUT2D eigenvalue weighted by atomic mass is 9.95. The van der Waals surface area contributed by atoms with Gasteiger partial charge in [0.2, 0.25) is 5.89 Å². The van der Waals surface area contributed by atoms with E-state index in [2.05, 4.69) is 10.1 Å². The molecule has 20 heavy (non-hydrogen) atoms. The number of hydrogen-bond donors (Lipinski definition) is 1. The second-order valence-electron chi connectivity index (χ2n) is 7.16. The van der Waals surface area contributed by atoms with Gasteiger partial charge in [-0.25, -0.2) is 0 Å². The fourth-order valence-corrected chi connectivity index (χ4v) is 3.44. The molecule has 0 aliphatic heterocycles. The third-order valence-electron chi connectivity index (χ3n) is 5.22. The van der Waals surface area contributed by atoms with E-state index in [1.165, 1.54) is 25.7 Å². The Morgan fingerprint density at radius 1 is 1.30 bits per heavy atom. The van der Waals surface area contributed by atoms with Crippen LogP contribution in [0.1, 0.15) is 63.1 Å². The van der Waals surface area contributed by atoms with Gasteiger partial charge in [-0.15, -0.1) is 0 Å². The predicted octanol–water partition coefficient (Wildman–Crippen LogP) is 2.33. The lowest BCUT2D eigenvalue weighted by Crippen LogP contribution is -2.41. The smallest absolute Gasteiger partial charge is 0.229 e. The van der Waals surface area contributed by atoms with Crippen molar-refractivity contribution in [1.82, 2.24) is 10.1 Å². The number of rotatable bonds is 5. The maximum absolute atomic E-state index is 6.30. The highest BCUT2D eigenvalue weighted by molar-refractivity contribution is 5.09. The first kappa shape index (κ1) is 12.8. The molecular formula is C15H23N3O2. The van der Waals surface area contributed by atoms with E-state index in [-0.39, 0.29) is 0 Å². The second-order valence-corrected chi connectivity index (χ2v) is 7.16. The Labute approximate surface area is 119 Å². The average Bonchev–Trinajstić information content (AvgIpc) is 2.81. The molecule has 3 atom stereocenters. The normalized spacial score (nSPS) is 35.4. The van der Waals surface area contributed by atoms with Crippen molar-refractivity contribution in [3.63, 3.8) is 0 Å². The topological polar surface area (TPSA) is 74.2 Å². The molecule has 2 N–H and O–H groups in total. The van der Waals surface area contributed by atoms with Gasteiger partial charge in [-0.3, -0.25) is 0 Å². The minimum atomic E-state index is -0.654. The zero-order valence-electron chi connectivity index (χ0n) is 12.0. The molecule has 0 saturated heterocycles. The van der Waals surface area contributed by atoms with E-state index < -0.39 is 5.54 Å². The van der Waals surface area contributed by atoms with E-state index in [0.29, 0.717) is 24.5 Å². The highest BCUT2D eigenvalue weighted by atomic mass is 16.5. The summed E-state index contributed by atoms with van der Waals surface area (Å²) < 4.78 is 11.3. The summed E-state index contributed by atoms with van der Waals surface area (Å²) in [6.45, 7) is 2.39. The zero-order chi connectivity index (χ0) is 13.7. The summed E-state index contributed by atoms with van der Waals surface area (Å²) >= 11 is 0. The fourth-order valence-electron chi connectivity index (χ4n) is 3.44. The van der Waals surface area contributed by atoms with Gasteiger partial charge in [0.25, 0.3) is 0 Å². The number of hydrogen-bond acceptors (Lipinski definition) is 5. The van der Waals surface area contributed by atoms with Gasteiger partial charge in [-0.05, 0) is 57.3 Å². The second kappa shape index (κ2) is 4.53. The van der Waals surface area contributed by atoms with Crippen LogP contribution in [0.5, 0.6) is 0 Å². The molecule has 3 unspecified atom stereocenters. The Balaban J connectivity index is 1.40. The van der Waals surface area contributed by atoms with Crippen LogP contribution in [0.25, 0.3) is 0 Å². The van der Waals surface area contributed by atoms with Crippen molar-refractivity contribution in [1.29, 1.82) is 0 Å². The van der Waals surface area contributed by atoms with E-state index >= 15 is 0 Å². The molecule has 110 valence electrons. The third kappa shape index (κ3) is 2.27. The largest absolute Gasteiger partial charge is 0.376 e. The molecule has 3 saturated carbocycles.